The van der Waals surface area contributed by atoms with Crippen molar-refractivity contribution in [1.82, 2.24) is 15.5 Å². The standard InChI is InChI=1S/C12H21N3O/c1-4-12(2,3)11-15-14-10(16-11)7-8-13-9-5-6-9/h9,13H,4-8H2,1-3H3. The molecule has 1 heterocycles. The SMILES string of the molecule is CCC(C)(C)c1nnc(CCNC2CC2)o1. The predicted molar refractivity (Wildman–Crippen MR) is 62.3 cm³/mol. The van der Waals surface area contributed by atoms with Crippen LogP contribution in [0.4, 0.5) is 0 Å². The molecule has 0 aromatic carbocycles. The van der Waals surface area contributed by atoms with Gasteiger partial charge in [-0.2, -0.15) is 0 Å². The van der Waals surface area contributed by atoms with Crippen LogP contribution in [0.15, 0.2) is 4.42 Å². The van der Waals surface area contributed by atoms with E-state index < -0.39 is 0 Å². The second kappa shape index (κ2) is 4.53. The highest BCUT2D eigenvalue weighted by Gasteiger charge is 2.25. The topological polar surface area (TPSA) is 51.0 Å². The van der Waals surface area contributed by atoms with E-state index in [0.29, 0.717) is 0 Å². The average Bonchev–Trinajstić information content (AvgIpc) is 2.94. The number of hydrogen-bond donors (Lipinski definition) is 1. The molecule has 0 aliphatic heterocycles. The van der Waals surface area contributed by atoms with Gasteiger partial charge in [-0.3, -0.25) is 0 Å². The third kappa shape index (κ3) is 2.82. The smallest absolute Gasteiger partial charge is 0.222 e. The molecule has 0 bridgehead atoms. The molecular weight excluding hydrogens is 202 g/mol. The van der Waals surface area contributed by atoms with Gasteiger partial charge in [-0.1, -0.05) is 20.8 Å². The van der Waals surface area contributed by atoms with Crippen LogP contribution >= 0.6 is 0 Å². The van der Waals surface area contributed by atoms with Crippen LogP contribution < -0.4 is 5.32 Å². The number of hydrogen-bond acceptors (Lipinski definition) is 4. The van der Waals surface area contributed by atoms with E-state index in [2.05, 4.69) is 36.3 Å². The molecule has 0 spiro atoms. The Labute approximate surface area is 96.8 Å². The van der Waals surface area contributed by atoms with E-state index >= 15 is 0 Å². The maximum Gasteiger partial charge on any atom is 0.222 e. The van der Waals surface area contributed by atoms with Gasteiger partial charge in [0.25, 0.3) is 0 Å². The second-order valence-electron chi connectivity index (χ2n) is 5.22. The largest absolute Gasteiger partial charge is 0.425 e. The Hall–Kier alpha value is -0.900. The van der Waals surface area contributed by atoms with Gasteiger partial charge in [-0.25, -0.2) is 0 Å². The van der Waals surface area contributed by atoms with Crippen LogP contribution in [0, 0.1) is 0 Å². The number of nitrogens with zero attached hydrogens (tertiary/aromatic N) is 2. The fraction of sp³-hybridized carbons (Fsp3) is 0.833. The molecule has 16 heavy (non-hydrogen) atoms. The minimum absolute atomic E-state index is 0.00479. The van der Waals surface area contributed by atoms with Crippen molar-refractivity contribution in [3.05, 3.63) is 11.8 Å². The second-order valence-corrected chi connectivity index (χ2v) is 5.22. The van der Waals surface area contributed by atoms with E-state index in [9.17, 15) is 0 Å². The summed E-state index contributed by atoms with van der Waals surface area (Å²) in [7, 11) is 0. The Bertz CT molecular complexity index is 342. The van der Waals surface area contributed by atoms with Gasteiger partial charge < -0.3 is 9.73 Å². The molecule has 1 aromatic heterocycles. The van der Waals surface area contributed by atoms with E-state index in [-0.39, 0.29) is 5.41 Å². The molecule has 1 aliphatic carbocycles. The Balaban J connectivity index is 1.85. The third-order valence-corrected chi connectivity index (χ3v) is 3.28. The first kappa shape index (κ1) is 11.6. The maximum atomic E-state index is 5.68. The minimum atomic E-state index is -0.00479. The van der Waals surface area contributed by atoms with Crippen molar-refractivity contribution < 1.29 is 4.42 Å². The molecule has 4 heteroatoms. The highest BCUT2D eigenvalue weighted by Crippen LogP contribution is 2.25. The summed E-state index contributed by atoms with van der Waals surface area (Å²) >= 11 is 0. The average molecular weight is 223 g/mol. The number of nitrogens with one attached hydrogen (secondary N) is 1. The van der Waals surface area contributed by atoms with Gasteiger partial charge in [0, 0.05) is 24.4 Å². The first-order valence-electron chi connectivity index (χ1n) is 6.18. The molecule has 4 nitrogen and oxygen atoms in total. The molecular formula is C12H21N3O. The highest BCUT2D eigenvalue weighted by molar-refractivity contribution is 4.98. The number of aromatic nitrogens is 2. The zero-order valence-corrected chi connectivity index (χ0v) is 10.4. The van der Waals surface area contributed by atoms with Gasteiger partial charge in [0.05, 0.1) is 0 Å². The van der Waals surface area contributed by atoms with Crippen LogP contribution in [0.1, 0.15) is 51.8 Å². The van der Waals surface area contributed by atoms with Gasteiger partial charge in [0.15, 0.2) is 0 Å². The first-order valence-corrected chi connectivity index (χ1v) is 6.18. The van der Waals surface area contributed by atoms with Crippen LogP contribution in [0.2, 0.25) is 0 Å². The fourth-order valence-corrected chi connectivity index (χ4v) is 1.45. The molecule has 1 aliphatic rings. The molecule has 0 unspecified atom stereocenters. The van der Waals surface area contributed by atoms with Crippen LogP contribution in [0.5, 0.6) is 0 Å². The van der Waals surface area contributed by atoms with Crippen molar-refractivity contribution in [2.45, 2.75) is 57.9 Å². The summed E-state index contributed by atoms with van der Waals surface area (Å²) in [5, 5.41) is 11.7. The van der Waals surface area contributed by atoms with Crippen molar-refractivity contribution >= 4 is 0 Å². The molecule has 0 amide bonds. The van der Waals surface area contributed by atoms with E-state index in [4.69, 9.17) is 4.42 Å². The normalized spacial score (nSPS) is 16.7. The zero-order chi connectivity index (χ0) is 11.6. The van der Waals surface area contributed by atoms with Crippen molar-refractivity contribution in [1.29, 1.82) is 0 Å². The minimum Gasteiger partial charge on any atom is -0.425 e. The lowest BCUT2D eigenvalue weighted by molar-refractivity contribution is 0.343. The zero-order valence-electron chi connectivity index (χ0n) is 10.4. The van der Waals surface area contributed by atoms with Crippen molar-refractivity contribution in [3.8, 4) is 0 Å². The molecule has 0 radical (unpaired) electrons. The summed E-state index contributed by atoms with van der Waals surface area (Å²) in [5.74, 6) is 1.51. The molecule has 0 saturated heterocycles. The van der Waals surface area contributed by atoms with Crippen LogP contribution in [0.25, 0.3) is 0 Å². The Morgan fingerprint density at radius 3 is 2.75 bits per heavy atom. The van der Waals surface area contributed by atoms with E-state index in [1.807, 2.05) is 0 Å². The molecule has 2 rings (SSSR count). The first-order chi connectivity index (χ1) is 7.62. The van der Waals surface area contributed by atoms with Crippen molar-refractivity contribution in [2.75, 3.05) is 6.54 Å². The Kier molecular flexibility index (Phi) is 3.28. The van der Waals surface area contributed by atoms with Gasteiger partial charge in [0.2, 0.25) is 11.8 Å². The Morgan fingerprint density at radius 2 is 2.12 bits per heavy atom. The summed E-state index contributed by atoms with van der Waals surface area (Å²) in [6, 6.07) is 0.745. The molecule has 1 aromatic rings. The lowest BCUT2D eigenvalue weighted by Crippen LogP contribution is -2.19. The summed E-state index contributed by atoms with van der Waals surface area (Å²) in [6.07, 6.45) is 4.48. The summed E-state index contributed by atoms with van der Waals surface area (Å²) < 4.78 is 5.68. The molecule has 1 N–H and O–H groups in total. The maximum absolute atomic E-state index is 5.68. The lowest BCUT2D eigenvalue weighted by Gasteiger charge is -2.16. The van der Waals surface area contributed by atoms with Gasteiger partial charge in [0.1, 0.15) is 0 Å². The molecule has 1 saturated carbocycles. The van der Waals surface area contributed by atoms with Crippen molar-refractivity contribution in [2.24, 2.45) is 0 Å². The monoisotopic (exact) mass is 223 g/mol. The van der Waals surface area contributed by atoms with Gasteiger partial charge in [-0.15, -0.1) is 10.2 Å². The molecule has 1 fully saturated rings. The van der Waals surface area contributed by atoms with Gasteiger partial charge in [-0.05, 0) is 19.3 Å². The quantitative estimate of drug-likeness (QED) is 0.802. The molecule has 0 atom stereocenters. The third-order valence-electron chi connectivity index (χ3n) is 3.28. The predicted octanol–water partition coefficient (Wildman–Crippen LogP) is 2.05. The van der Waals surface area contributed by atoms with Crippen LogP contribution in [-0.4, -0.2) is 22.8 Å². The van der Waals surface area contributed by atoms with Gasteiger partial charge >= 0.3 is 0 Å². The highest BCUT2D eigenvalue weighted by atomic mass is 16.4. The van der Waals surface area contributed by atoms with Crippen LogP contribution in [-0.2, 0) is 11.8 Å². The summed E-state index contributed by atoms with van der Waals surface area (Å²) in [5.41, 5.74) is -0.00479. The summed E-state index contributed by atoms with van der Waals surface area (Å²) in [4.78, 5) is 0. The van der Waals surface area contributed by atoms with E-state index in [0.717, 1.165) is 37.2 Å². The van der Waals surface area contributed by atoms with E-state index in [1.165, 1.54) is 12.8 Å². The Morgan fingerprint density at radius 1 is 1.38 bits per heavy atom. The number of rotatable bonds is 6. The van der Waals surface area contributed by atoms with E-state index in [1.54, 1.807) is 0 Å². The molecule has 90 valence electrons. The van der Waals surface area contributed by atoms with Crippen molar-refractivity contribution in [3.63, 3.8) is 0 Å². The lowest BCUT2D eigenvalue weighted by atomic mass is 9.90. The summed E-state index contributed by atoms with van der Waals surface area (Å²) in [6.45, 7) is 7.34. The fourth-order valence-electron chi connectivity index (χ4n) is 1.45. The van der Waals surface area contributed by atoms with Crippen LogP contribution in [0.3, 0.4) is 0 Å².